The third kappa shape index (κ3) is 5.82. The molecule has 0 saturated carbocycles. The number of benzene rings is 1. The van der Waals surface area contributed by atoms with Crippen LogP contribution >= 0.6 is 0 Å². The van der Waals surface area contributed by atoms with Crippen molar-refractivity contribution < 1.29 is 27.5 Å². The van der Waals surface area contributed by atoms with Crippen molar-refractivity contribution in [3.63, 3.8) is 0 Å². The Balaban J connectivity index is 2.04. The van der Waals surface area contributed by atoms with Crippen LogP contribution in [0.4, 0.5) is 18.9 Å². The summed E-state index contributed by atoms with van der Waals surface area (Å²) >= 11 is 0. The fraction of sp³-hybridized carbons (Fsp3) is 0.500. The van der Waals surface area contributed by atoms with Gasteiger partial charge in [-0.2, -0.15) is 13.2 Å². The van der Waals surface area contributed by atoms with Gasteiger partial charge in [-0.3, -0.25) is 19.3 Å². The Morgan fingerprint density at radius 2 is 1.97 bits per heavy atom. The number of carbonyl (C=O) groups excluding carboxylic acids is 2. The van der Waals surface area contributed by atoms with E-state index in [0.717, 1.165) is 12.0 Å². The Hall–Kier alpha value is -3.34. The van der Waals surface area contributed by atoms with Gasteiger partial charge in [0.1, 0.15) is 5.56 Å². The molecule has 2 unspecified atom stereocenters. The standard InChI is InChI=1S/C26H33F3N4O4/c1-7-21-20(11-33(21)6)32-22-15(5)17(9-19(26(27,28)29)23(22)37-12-34)24(35)30-10-18-16(13(2)3)8-14(4)31-25(18)36/h8-9,12-13,20-21,32H,7,10-11H2,1-6H3,(H,30,35)(H,31,36). The number of pyridine rings is 1. The first-order valence-electron chi connectivity index (χ1n) is 12.1. The van der Waals surface area contributed by atoms with Gasteiger partial charge in [0.2, 0.25) is 0 Å². The fourth-order valence-corrected chi connectivity index (χ4v) is 4.91. The molecule has 11 heteroatoms. The van der Waals surface area contributed by atoms with E-state index in [-0.39, 0.29) is 53.4 Å². The zero-order valence-corrected chi connectivity index (χ0v) is 21.8. The molecule has 3 N–H and O–H groups in total. The molecule has 1 aliphatic heterocycles. The van der Waals surface area contributed by atoms with Gasteiger partial charge >= 0.3 is 6.18 Å². The topological polar surface area (TPSA) is 104 Å². The van der Waals surface area contributed by atoms with Gasteiger partial charge in [-0.1, -0.05) is 20.8 Å². The van der Waals surface area contributed by atoms with Gasteiger partial charge in [-0.05, 0) is 56.5 Å². The Morgan fingerprint density at radius 1 is 1.30 bits per heavy atom. The van der Waals surface area contributed by atoms with Crippen molar-refractivity contribution in [2.24, 2.45) is 0 Å². The molecule has 37 heavy (non-hydrogen) atoms. The number of rotatable bonds is 9. The van der Waals surface area contributed by atoms with E-state index in [2.05, 4.69) is 20.5 Å². The SMILES string of the molecule is CCC1C(Nc2c(C)c(C(=O)NCc3c(C(C)C)cc(C)[nH]c3=O)cc(C(F)(F)F)c2OC=O)CN1C. The monoisotopic (exact) mass is 522 g/mol. The number of aryl methyl sites for hydroxylation is 1. The van der Waals surface area contributed by atoms with Crippen molar-refractivity contribution >= 4 is 18.1 Å². The van der Waals surface area contributed by atoms with Gasteiger partial charge in [-0.25, -0.2) is 0 Å². The summed E-state index contributed by atoms with van der Waals surface area (Å²) in [5.74, 6) is -1.46. The van der Waals surface area contributed by atoms with Crippen LogP contribution < -0.4 is 20.9 Å². The molecule has 1 aromatic heterocycles. The zero-order valence-electron chi connectivity index (χ0n) is 21.8. The van der Waals surface area contributed by atoms with Gasteiger partial charge < -0.3 is 20.4 Å². The summed E-state index contributed by atoms with van der Waals surface area (Å²) in [5, 5.41) is 5.70. The molecule has 2 atom stereocenters. The average Bonchev–Trinajstić information content (AvgIpc) is 2.78. The Morgan fingerprint density at radius 3 is 2.51 bits per heavy atom. The number of likely N-dealkylation sites (N-methyl/N-ethyl adjacent to an activating group) is 1. The largest absolute Gasteiger partial charge is 0.426 e. The lowest BCUT2D eigenvalue weighted by atomic mass is 9.92. The molecule has 3 rings (SSSR count). The molecule has 1 fully saturated rings. The minimum Gasteiger partial charge on any atom is -0.426 e. The predicted octanol–water partition coefficient (Wildman–Crippen LogP) is 4.10. The molecular formula is C26H33F3N4O4. The third-order valence-electron chi connectivity index (χ3n) is 6.87. The van der Waals surface area contributed by atoms with Crippen LogP contribution in [0.5, 0.6) is 5.75 Å². The molecule has 2 heterocycles. The summed E-state index contributed by atoms with van der Waals surface area (Å²) in [6.07, 6.45) is -4.14. The summed E-state index contributed by atoms with van der Waals surface area (Å²) in [4.78, 5) is 41.7. The number of nitrogens with one attached hydrogen (secondary N) is 3. The maximum Gasteiger partial charge on any atom is 0.420 e. The lowest BCUT2D eigenvalue weighted by molar-refractivity contribution is -0.139. The van der Waals surface area contributed by atoms with E-state index >= 15 is 0 Å². The van der Waals surface area contributed by atoms with Crippen molar-refractivity contribution in [2.45, 2.75) is 71.8 Å². The van der Waals surface area contributed by atoms with Gasteiger partial charge in [0, 0.05) is 36.0 Å². The van der Waals surface area contributed by atoms with E-state index < -0.39 is 23.4 Å². The Labute approximate surface area is 213 Å². The van der Waals surface area contributed by atoms with Gasteiger partial charge in [0.25, 0.3) is 17.9 Å². The zero-order chi connectivity index (χ0) is 27.7. The molecule has 0 radical (unpaired) electrons. The number of anilines is 1. The quantitative estimate of drug-likeness (QED) is 0.429. The highest BCUT2D eigenvalue weighted by atomic mass is 19.4. The highest BCUT2D eigenvalue weighted by Gasteiger charge is 2.40. The number of aromatic amines is 1. The molecule has 8 nitrogen and oxygen atoms in total. The van der Waals surface area contributed by atoms with Gasteiger partial charge in [0.15, 0.2) is 5.75 Å². The van der Waals surface area contributed by atoms with Gasteiger partial charge in [0.05, 0.1) is 11.7 Å². The van der Waals surface area contributed by atoms with Crippen molar-refractivity contribution in [1.82, 2.24) is 15.2 Å². The number of nitrogens with zero attached hydrogens (tertiary/aromatic N) is 1. The highest BCUT2D eigenvalue weighted by molar-refractivity contribution is 5.98. The lowest BCUT2D eigenvalue weighted by Crippen LogP contribution is -2.61. The third-order valence-corrected chi connectivity index (χ3v) is 6.87. The minimum absolute atomic E-state index is 0.00540. The number of hydrogen-bond donors (Lipinski definition) is 3. The van der Waals surface area contributed by atoms with E-state index in [1.54, 1.807) is 6.92 Å². The van der Waals surface area contributed by atoms with Crippen LogP contribution in [-0.2, 0) is 17.5 Å². The molecule has 1 aliphatic rings. The first kappa shape index (κ1) is 28.2. The predicted molar refractivity (Wildman–Crippen MR) is 134 cm³/mol. The molecule has 1 aromatic carbocycles. The number of ether oxygens (including phenoxy) is 1. The number of H-pyrrole nitrogens is 1. The molecule has 1 saturated heterocycles. The minimum atomic E-state index is -4.89. The van der Waals surface area contributed by atoms with Crippen LogP contribution in [-0.4, -0.2) is 47.9 Å². The van der Waals surface area contributed by atoms with Crippen LogP contribution in [0.15, 0.2) is 16.9 Å². The fourth-order valence-electron chi connectivity index (χ4n) is 4.91. The van der Waals surface area contributed by atoms with Crippen LogP contribution in [0.3, 0.4) is 0 Å². The molecule has 0 spiro atoms. The van der Waals surface area contributed by atoms with Crippen LogP contribution in [0.25, 0.3) is 0 Å². The number of aromatic nitrogens is 1. The first-order valence-corrected chi connectivity index (χ1v) is 12.1. The number of hydrogen-bond acceptors (Lipinski definition) is 6. The van der Waals surface area contributed by atoms with Crippen LogP contribution in [0.2, 0.25) is 0 Å². The second-order valence-corrected chi connectivity index (χ2v) is 9.73. The molecule has 0 bridgehead atoms. The number of carbonyl (C=O) groups is 2. The molecular weight excluding hydrogens is 489 g/mol. The molecule has 2 aromatic rings. The van der Waals surface area contributed by atoms with Crippen LogP contribution in [0.1, 0.15) is 71.4 Å². The average molecular weight is 523 g/mol. The van der Waals surface area contributed by atoms with E-state index in [0.29, 0.717) is 23.9 Å². The first-order chi connectivity index (χ1) is 17.3. The Bertz CT molecular complexity index is 1240. The summed E-state index contributed by atoms with van der Waals surface area (Å²) in [6, 6.07) is 2.37. The smallest absolute Gasteiger partial charge is 0.420 e. The molecule has 0 aliphatic carbocycles. The normalized spacial score (nSPS) is 17.9. The summed E-state index contributed by atoms with van der Waals surface area (Å²) in [7, 11) is 1.91. The highest BCUT2D eigenvalue weighted by Crippen LogP contribution is 2.44. The van der Waals surface area contributed by atoms with Crippen molar-refractivity contribution in [3.8, 4) is 5.75 Å². The molecule has 1 amide bonds. The van der Waals surface area contributed by atoms with Crippen molar-refractivity contribution in [3.05, 3.63) is 56.0 Å². The number of amides is 1. The summed E-state index contributed by atoms with van der Waals surface area (Å²) in [6.45, 7) is 9.38. The van der Waals surface area contributed by atoms with Gasteiger partial charge in [-0.15, -0.1) is 0 Å². The summed E-state index contributed by atoms with van der Waals surface area (Å²) < 4.78 is 46.9. The van der Waals surface area contributed by atoms with E-state index in [1.165, 1.54) is 6.92 Å². The molecule has 202 valence electrons. The second kappa shape index (κ2) is 11.0. The number of alkyl halides is 3. The Kier molecular flexibility index (Phi) is 8.36. The number of likely N-dealkylation sites (tertiary alicyclic amines) is 1. The number of halogens is 3. The maximum atomic E-state index is 14.0. The second-order valence-electron chi connectivity index (χ2n) is 9.73. The van der Waals surface area contributed by atoms with E-state index in [4.69, 9.17) is 4.74 Å². The van der Waals surface area contributed by atoms with E-state index in [9.17, 15) is 27.6 Å². The maximum absolute atomic E-state index is 14.0. The van der Waals surface area contributed by atoms with Crippen LogP contribution in [0, 0.1) is 13.8 Å². The summed E-state index contributed by atoms with van der Waals surface area (Å²) in [5.41, 5.74) is 0.0547. The van der Waals surface area contributed by atoms with Crippen molar-refractivity contribution in [1.29, 1.82) is 0 Å². The lowest BCUT2D eigenvalue weighted by Gasteiger charge is -2.46. The van der Waals surface area contributed by atoms with E-state index in [1.807, 2.05) is 33.9 Å². The van der Waals surface area contributed by atoms with Crippen molar-refractivity contribution in [2.75, 3.05) is 18.9 Å².